The summed E-state index contributed by atoms with van der Waals surface area (Å²) in [5.41, 5.74) is 3.35. The number of ketones is 1. The van der Waals surface area contributed by atoms with Gasteiger partial charge in [0.2, 0.25) is 0 Å². The van der Waals surface area contributed by atoms with Gasteiger partial charge in [-0.25, -0.2) is 0 Å². The minimum absolute atomic E-state index is 0.157. The molecule has 0 bridgehead atoms. The summed E-state index contributed by atoms with van der Waals surface area (Å²) in [5.74, 6) is 0.157. The first-order valence-corrected chi connectivity index (χ1v) is 4.81. The van der Waals surface area contributed by atoms with Crippen LogP contribution in [0.3, 0.4) is 0 Å². The molecule has 1 aromatic rings. The molecule has 0 N–H and O–H groups in total. The number of aryl methyl sites for hydroxylation is 2. The normalized spacial score (nSPS) is 10.1. The molecule has 13 heavy (non-hydrogen) atoms. The number of hydrogen-bond donors (Lipinski definition) is 0. The van der Waals surface area contributed by atoms with E-state index in [1.54, 1.807) is 6.92 Å². The number of carbonyl (C=O) groups is 1. The van der Waals surface area contributed by atoms with Gasteiger partial charge in [0.15, 0.2) is 5.78 Å². The van der Waals surface area contributed by atoms with Crippen LogP contribution in [0.4, 0.5) is 0 Å². The number of rotatable bonds is 3. The summed E-state index contributed by atoms with van der Waals surface area (Å²) in [6, 6.07) is 6.15. The Hall–Kier alpha value is -1.11. The lowest BCUT2D eigenvalue weighted by Gasteiger charge is -2.04. The molecule has 1 aromatic carbocycles. The van der Waals surface area contributed by atoms with E-state index in [1.165, 1.54) is 11.1 Å². The van der Waals surface area contributed by atoms with E-state index in [-0.39, 0.29) is 5.78 Å². The summed E-state index contributed by atoms with van der Waals surface area (Å²) < 4.78 is 0. The summed E-state index contributed by atoms with van der Waals surface area (Å²) >= 11 is 0. The third kappa shape index (κ3) is 2.41. The van der Waals surface area contributed by atoms with E-state index in [2.05, 4.69) is 19.9 Å². The maximum Gasteiger partial charge on any atom is 0.159 e. The van der Waals surface area contributed by atoms with Gasteiger partial charge in [0.1, 0.15) is 0 Å². The molecule has 0 aliphatic heterocycles. The number of benzene rings is 1. The average Bonchev–Trinajstić information content (AvgIpc) is 2.16. The van der Waals surface area contributed by atoms with Gasteiger partial charge in [0.05, 0.1) is 0 Å². The first kappa shape index (κ1) is 9.97. The van der Waals surface area contributed by atoms with Gasteiger partial charge in [-0.15, -0.1) is 0 Å². The van der Waals surface area contributed by atoms with Crippen molar-refractivity contribution in [3.8, 4) is 0 Å². The molecule has 0 saturated heterocycles. The van der Waals surface area contributed by atoms with Crippen LogP contribution < -0.4 is 0 Å². The fourth-order valence-electron chi connectivity index (χ4n) is 1.37. The standard InChI is InChI=1S/C12H16O/c1-4-10-6-11(5-2)8-12(7-10)9(3)13/h6-8H,4-5H2,1-3H3. The maximum atomic E-state index is 11.2. The van der Waals surface area contributed by atoms with Crippen LogP contribution in [0, 0.1) is 0 Å². The molecule has 1 heteroatoms. The Morgan fingerprint density at radius 3 is 1.85 bits per heavy atom. The molecular formula is C12H16O. The average molecular weight is 176 g/mol. The van der Waals surface area contributed by atoms with Crippen molar-refractivity contribution in [1.29, 1.82) is 0 Å². The molecule has 0 atom stereocenters. The zero-order valence-corrected chi connectivity index (χ0v) is 8.55. The molecule has 0 saturated carbocycles. The van der Waals surface area contributed by atoms with E-state index in [1.807, 2.05) is 12.1 Å². The summed E-state index contributed by atoms with van der Waals surface area (Å²) in [6.07, 6.45) is 1.99. The Bertz CT molecular complexity index is 291. The molecule has 0 amide bonds. The quantitative estimate of drug-likeness (QED) is 0.647. The SMILES string of the molecule is CCc1cc(CC)cc(C(C)=O)c1. The predicted octanol–water partition coefficient (Wildman–Crippen LogP) is 3.01. The van der Waals surface area contributed by atoms with Crippen molar-refractivity contribution < 1.29 is 4.79 Å². The van der Waals surface area contributed by atoms with Gasteiger partial charge in [0, 0.05) is 5.56 Å². The summed E-state index contributed by atoms with van der Waals surface area (Å²) in [4.78, 5) is 11.2. The van der Waals surface area contributed by atoms with E-state index in [0.29, 0.717) is 0 Å². The third-order valence-corrected chi connectivity index (χ3v) is 2.28. The highest BCUT2D eigenvalue weighted by Crippen LogP contribution is 2.12. The predicted molar refractivity (Wildman–Crippen MR) is 55.2 cm³/mol. The van der Waals surface area contributed by atoms with Crippen LogP contribution in [0.1, 0.15) is 42.3 Å². The van der Waals surface area contributed by atoms with Crippen LogP contribution in [-0.4, -0.2) is 5.78 Å². The highest BCUT2D eigenvalue weighted by Gasteiger charge is 2.02. The lowest BCUT2D eigenvalue weighted by atomic mass is 10.0. The molecule has 1 nitrogen and oxygen atoms in total. The summed E-state index contributed by atoms with van der Waals surface area (Å²) in [5, 5.41) is 0. The molecule has 0 aliphatic carbocycles. The topological polar surface area (TPSA) is 17.1 Å². The van der Waals surface area contributed by atoms with Crippen LogP contribution in [0.5, 0.6) is 0 Å². The number of hydrogen-bond acceptors (Lipinski definition) is 1. The van der Waals surface area contributed by atoms with E-state index < -0.39 is 0 Å². The Labute approximate surface area is 79.8 Å². The minimum atomic E-state index is 0.157. The van der Waals surface area contributed by atoms with Crippen molar-refractivity contribution in [2.24, 2.45) is 0 Å². The molecule has 0 aromatic heterocycles. The summed E-state index contributed by atoms with van der Waals surface area (Å²) in [7, 11) is 0. The van der Waals surface area contributed by atoms with Crippen molar-refractivity contribution in [1.82, 2.24) is 0 Å². The Morgan fingerprint density at radius 1 is 1.08 bits per heavy atom. The molecule has 0 radical (unpaired) electrons. The Kier molecular flexibility index (Phi) is 3.24. The second kappa shape index (κ2) is 4.22. The highest BCUT2D eigenvalue weighted by atomic mass is 16.1. The van der Waals surface area contributed by atoms with Crippen LogP contribution >= 0.6 is 0 Å². The van der Waals surface area contributed by atoms with Crippen molar-refractivity contribution in [3.05, 3.63) is 34.9 Å². The van der Waals surface area contributed by atoms with Crippen LogP contribution in [0.15, 0.2) is 18.2 Å². The lowest BCUT2D eigenvalue weighted by Crippen LogP contribution is -1.96. The molecule has 0 unspecified atom stereocenters. The number of Topliss-reactive ketones (excluding diaryl/α,β-unsaturated/α-hetero) is 1. The van der Waals surface area contributed by atoms with Gasteiger partial charge in [-0.2, -0.15) is 0 Å². The largest absolute Gasteiger partial charge is 0.295 e. The van der Waals surface area contributed by atoms with Gasteiger partial charge in [-0.1, -0.05) is 19.9 Å². The van der Waals surface area contributed by atoms with Gasteiger partial charge >= 0.3 is 0 Å². The smallest absolute Gasteiger partial charge is 0.159 e. The van der Waals surface area contributed by atoms with E-state index in [0.717, 1.165) is 18.4 Å². The van der Waals surface area contributed by atoms with Gasteiger partial charge < -0.3 is 0 Å². The molecule has 0 spiro atoms. The minimum Gasteiger partial charge on any atom is -0.295 e. The lowest BCUT2D eigenvalue weighted by molar-refractivity contribution is 0.101. The van der Waals surface area contributed by atoms with Crippen molar-refractivity contribution in [3.63, 3.8) is 0 Å². The second-order valence-electron chi connectivity index (χ2n) is 3.30. The van der Waals surface area contributed by atoms with Crippen LogP contribution in [0.25, 0.3) is 0 Å². The van der Waals surface area contributed by atoms with Crippen molar-refractivity contribution in [2.45, 2.75) is 33.6 Å². The third-order valence-electron chi connectivity index (χ3n) is 2.28. The zero-order chi connectivity index (χ0) is 9.84. The van der Waals surface area contributed by atoms with Crippen molar-refractivity contribution >= 4 is 5.78 Å². The highest BCUT2D eigenvalue weighted by molar-refractivity contribution is 5.94. The van der Waals surface area contributed by atoms with Crippen molar-refractivity contribution in [2.75, 3.05) is 0 Å². The molecule has 0 fully saturated rings. The van der Waals surface area contributed by atoms with E-state index >= 15 is 0 Å². The van der Waals surface area contributed by atoms with Crippen LogP contribution in [-0.2, 0) is 12.8 Å². The molecular weight excluding hydrogens is 160 g/mol. The van der Waals surface area contributed by atoms with Gasteiger partial charge in [0.25, 0.3) is 0 Å². The fraction of sp³-hybridized carbons (Fsp3) is 0.417. The molecule has 1 rings (SSSR count). The van der Waals surface area contributed by atoms with Gasteiger partial charge in [-0.05, 0) is 43.0 Å². The summed E-state index contributed by atoms with van der Waals surface area (Å²) in [6.45, 7) is 5.84. The number of carbonyl (C=O) groups excluding carboxylic acids is 1. The monoisotopic (exact) mass is 176 g/mol. The fourth-order valence-corrected chi connectivity index (χ4v) is 1.37. The molecule has 0 aliphatic rings. The molecule has 0 heterocycles. The van der Waals surface area contributed by atoms with E-state index in [9.17, 15) is 4.79 Å². The molecule has 70 valence electrons. The Morgan fingerprint density at radius 2 is 1.54 bits per heavy atom. The Balaban J connectivity index is 3.14. The maximum absolute atomic E-state index is 11.2. The first-order chi connectivity index (χ1) is 6.17. The zero-order valence-electron chi connectivity index (χ0n) is 8.55. The van der Waals surface area contributed by atoms with Crippen LogP contribution in [0.2, 0.25) is 0 Å². The van der Waals surface area contributed by atoms with Gasteiger partial charge in [-0.3, -0.25) is 4.79 Å². The van der Waals surface area contributed by atoms with E-state index in [4.69, 9.17) is 0 Å². The second-order valence-corrected chi connectivity index (χ2v) is 3.30. The first-order valence-electron chi connectivity index (χ1n) is 4.81.